The monoisotopic (exact) mass is 292 g/mol. The van der Waals surface area contributed by atoms with E-state index in [0.717, 1.165) is 17.3 Å². The van der Waals surface area contributed by atoms with Crippen molar-refractivity contribution in [3.63, 3.8) is 0 Å². The first-order valence-electron chi connectivity index (χ1n) is 5.65. The molecule has 0 spiro atoms. The van der Waals surface area contributed by atoms with Crippen LogP contribution in [0.1, 0.15) is 17.0 Å². The zero-order valence-corrected chi connectivity index (χ0v) is 11.0. The highest BCUT2D eigenvalue weighted by molar-refractivity contribution is 9.09. The predicted octanol–water partition coefficient (Wildman–Crippen LogP) is 4.55. The summed E-state index contributed by atoms with van der Waals surface area (Å²) in [6, 6.07) is 17.2. The Hall–Kier alpha value is -1.15. The van der Waals surface area contributed by atoms with Crippen molar-refractivity contribution in [2.24, 2.45) is 0 Å². The van der Waals surface area contributed by atoms with Crippen molar-refractivity contribution < 1.29 is 4.39 Å². The fourth-order valence-corrected chi connectivity index (χ4v) is 2.52. The van der Waals surface area contributed by atoms with Gasteiger partial charge in [0.1, 0.15) is 5.82 Å². The Morgan fingerprint density at radius 3 is 2.24 bits per heavy atom. The highest BCUT2D eigenvalue weighted by atomic mass is 79.9. The maximum absolute atomic E-state index is 13.6. The number of hydrogen-bond donors (Lipinski definition) is 0. The maximum Gasteiger partial charge on any atom is 0.126 e. The average Bonchev–Trinajstić information content (AvgIpc) is 2.39. The average molecular weight is 293 g/mol. The smallest absolute Gasteiger partial charge is 0.126 e. The molecule has 0 aliphatic heterocycles. The Morgan fingerprint density at radius 2 is 1.59 bits per heavy atom. The van der Waals surface area contributed by atoms with Crippen molar-refractivity contribution in [3.8, 4) is 0 Å². The molecule has 2 aromatic rings. The van der Waals surface area contributed by atoms with Crippen molar-refractivity contribution in [3.05, 3.63) is 71.5 Å². The Bertz CT molecular complexity index is 467. The van der Waals surface area contributed by atoms with Gasteiger partial charge in [0.25, 0.3) is 0 Å². The third-order valence-electron chi connectivity index (χ3n) is 2.88. The molecule has 2 rings (SSSR count). The third-order valence-corrected chi connectivity index (χ3v) is 3.66. The molecule has 2 aromatic carbocycles. The molecule has 0 heterocycles. The molecule has 0 radical (unpaired) electrons. The summed E-state index contributed by atoms with van der Waals surface area (Å²) in [6.45, 7) is 0. The van der Waals surface area contributed by atoms with E-state index in [0.29, 0.717) is 5.92 Å². The molecule has 17 heavy (non-hydrogen) atoms. The summed E-state index contributed by atoms with van der Waals surface area (Å²) >= 11 is 3.51. The minimum Gasteiger partial charge on any atom is -0.207 e. The van der Waals surface area contributed by atoms with Gasteiger partial charge in [0.2, 0.25) is 0 Å². The van der Waals surface area contributed by atoms with Gasteiger partial charge in [-0.05, 0) is 29.5 Å². The molecule has 0 N–H and O–H groups in total. The Morgan fingerprint density at radius 1 is 0.941 bits per heavy atom. The molecule has 0 aliphatic carbocycles. The zero-order valence-electron chi connectivity index (χ0n) is 9.44. The highest BCUT2D eigenvalue weighted by Crippen LogP contribution is 2.24. The number of hydrogen-bond acceptors (Lipinski definition) is 0. The van der Waals surface area contributed by atoms with Crippen LogP contribution in [0.15, 0.2) is 54.6 Å². The van der Waals surface area contributed by atoms with Crippen LogP contribution in [0, 0.1) is 5.82 Å². The summed E-state index contributed by atoms with van der Waals surface area (Å²) in [7, 11) is 0. The van der Waals surface area contributed by atoms with E-state index >= 15 is 0 Å². The summed E-state index contributed by atoms with van der Waals surface area (Å²) in [6.07, 6.45) is 0.724. The van der Waals surface area contributed by atoms with Crippen LogP contribution in [-0.4, -0.2) is 5.33 Å². The van der Waals surface area contributed by atoms with E-state index in [2.05, 4.69) is 28.1 Å². The van der Waals surface area contributed by atoms with Gasteiger partial charge in [-0.1, -0.05) is 64.5 Å². The lowest BCUT2D eigenvalue weighted by Crippen LogP contribution is -2.05. The fraction of sp³-hybridized carbons (Fsp3) is 0.200. The highest BCUT2D eigenvalue weighted by Gasteiger charge is 2.12. The maximum atomic E-state index is 13.6. The first-order chi connectivity index (χ1) is 8.31. The summed E-state index contributed by atoms with van der Waals surface area (Å²) in [5.41, 5.74) is 2.02. The summed E-state index contributed by atoms with van der Waals surface area (Å²) in [5.74, 6) is 0.197. The topological polar surface area (TPSA) is 0 Å². The quantitative estimate of drug-likeness (QED) is 0.726. The molecule has 0 saturated carbocycles. The van der Waals surface area contributed by atoms with Crippen LogP contribution in [-0.2, 0) is 6.42 Å². The normalized spacial score (nSPS) is 12.4. The van der Waals surface area contributed by atoms with E-state index in [4.69, 9.17) is 0 Å². The molecular formula is C15H14BrF. The van der Waals surface area contributed by atoms with E-state index in [1.165, 1.54) is 11.6 Å². The molecule has 0 amide bonds. The van der Waals surface area contributed by atoms with Crippen molar-refractivity contribution in [1.82, 2.24) is 0 Å². The van der Waals surface area contributed by atoms with Crippen LogP contribution in [0.4, 0.5) is 4.39 Å². The molecule has 88 valence electrons. The second kappa shape index (κ2) is 5.97. The van der Waals surface area contributed by atoms with Crippen LogP contribution in [0.2, 0.25) is 0 Å². The van der Waals surface area contributed by atoms with Crippen molar-refractivity contribution in [1.29, 1.82) is 0 Å². The minimum atomic E-state index is -0.116. The SMILES string of the molecule is Fc1ccccc1CC(CBr)c1ccccc1. The van der Waals surface area contributed by atoms with Gasteiger partial charge < -0.3 is 0 Å². The molecule has 0 nitrogen and oxygen atoms in total. The van der Waals surface area contributed by atoms with Gasteiger partial charge in [-0.2, -0.15) is 0 Å². The first kappa shape index (κ1) is 12.3. The van der Waals surface area contributed by atoms with E-state index in [9.17, 15) is 4.39 Å². The Balaban J connectivity index is 2.19. The van der Waals surface area contributed by atoms with E-state index in [1.54, 1.807) is 6.07 Å². The molecule has 1 unspecified atom stereocenters. The van der Waals surface area contributed by atoms with Crippen LogP contribution in [0.25, 0.3) is 0 Å². The van der Waals surface area contributed by atoms with Gasteiger partial charge in [-0.3, -0.25) is 0 Å². The van der Waals surface area contributed by atoms with Gasteiger partial charge in [0.15, 0.2) is 0 Å². The van der Waals surface area contributed by atoms with Gasteiger partial charge in [0, 0.05) is 5.33 Å². The summed E-state index contributed by atoms with van der Waals surface area (Å²) in [5, 5.41) is 0.839. The van der Waals surface area contributed by atoms with E-state index in [1.807, 2.05) is 30.3 Å². The molecular weight excluding hydrogens is 279 g/mol. The van der Waals surface area contributed by atoms with E-state index in [-0.39, 0.29) is 5.82 Å². The molecule has 2 heteroatoms. The predicted molar refractivity (Wildman–Crippen MR) is 73.1 cm³/mol. The Labute approximate surface area is 110 Å². The van der Waals surface area contributed by atoms with Crippen molar-refractivity contribution in [2.75, 3.05) is 5.33 Å². The lowest BCUT2D eigenvalue weighted by atomic mass is 9.93. The number of alkyl halides is 1. The first-order valence-corrected chi connectivity index (χ1v) is 6.77. The van der Waals surface area contributed by atoms with E-state index < -0.39 is 0 Å². The second-order valence-corrected chi connectivity index (χ2v) is 4.70. The lowest BCUT2D eigenvalue weighted by Gasteiger charge is -2.14. The summed E-state index contributed by atoms with van der Waals surface area (Å²) in [4.78, 5) is 0. The zero-order chi connectivity index (χ0) is 12.1. The van der Waals surface area contributed by atoms with Crippen LogP contribution >= 0.6 is 15.9 Å². The number of rotatable bonds is 4. The second-order valence-electron chi connectivity index (χ2n) is 4.06. The molecule has 0 saturated heterocycles. The third kappa shape index (κ3) is 3.16. The lowest BCUT2D eigenvalue weighted by molar-refractivity contribution is 0.599. The molecule has 1 atom stereocenters. The van der Waals surface area contributed by atoms with Crippen LogP contribution in [0.5, 0.6) is 0 Å². The molecule has 0 bridgehead atoms. The Kier molecular flexibility index (Phi) is 4.32. The number of halogens is 2. The van der Waals surface area contributed by atoms with Gasteiger partial charge in [-0.25, -0.2) is 4.39 Å². The van der Waals surface area contributed by atoms with Crippen LogP contribution in [0.3, 0.4) is 0 Å². The minimum absolute atomic E-state index is 0.116. The number of benzene rings is 2. The molecule has 0 aromatic heterocycles. The van der Waals surface area contributed by atoms with Crippen molar-refractivity contribution >= 4 is 15.9 Å². The molecule has 0 fully saturated rings. The molecule has 0 aliphatic rings. The fourth-order valence-electron chi connectivity index (χ4n) is 1.92. The standard InChI is InChI=1S/C15H14BrF/c16-11-14(12-6-2-1-3-7-12)10-13-8-4-5-9-15(13)17/h1-9,14H,10-11H2. The van der Waals surface area contributed by atoms with Gasteiger partial charge >= 0.3 is 0 Å². The van der Waals surface area contributed by atoms with Crippen LogP contribution < -0.4 is 0 Å². The largest absolute Gasteiger partial charge is 0.207 e. The van der Waals surface area contributed by atoms with Gasteiger partial charge in [0.05, 0.1) is 0 Å². The van der Waals surface area contributed by atoms with Gasteiger partial charge in [-0.15, -0.1) is 0 Å². The summed E-state index contributed by atoms with van der Waals surface area (Å²) < 4.78 is 13.6. The van der Waals surface area contributed by atoms with Crippen molar-refractivity contribution in [2.45, 2.75) is 12.3 Å².